The number of nitriles is 1. The number of aromatic nitrogens is 1. The highest BCUT2D eigenvalue weighted by molar-refractivity contribution is 7.16. The van der Waals surface area contributed by atoms with Crippen molar-refractivity contribution >= 4 is 34.0 Å². The van der Waals surface area contributed by atoms with Gasteiger partial charge in [0.2, 0.25) is 12.7 Å². The number of hydrogen-bond acceptors (Lipinski definition) is 7. The topological polar surface area (TPSA) is 113 Å². The molecule has 1 aliphatic carbocycles. The number of rotatable bonds is 4. The van der Waals surface area contributed by atoms with Gasteiger partial charge in [0.25, 0.3) is 5.91 Å². The van der Waals surface area contributed by atoms with Gasteiger partial charge >= 0.3 is 0 Å². The number of carbonyl (C=O) groups is 2. The van der Waals surface area contributed by atoms with Crippen LogP contribution in [0.1, 0.15) is 45.3 Å². The lowest BCUT2D eigenvalue weighted by Crippen LogP contribution is -2.24. The molecular weight excluding hydrogens is 428 g/mol. The number of ether oxygens (including phenoxy) is 2. The quantitative estimate of drug-likeness (QED) is 0.625. The van der Waals surface area contributed by atoms with E-state index in [1.807, 2.05) is 0 Å². The fraction of sp³-hybridized carbons (Fsp3) is 0.217. The number of fused-ring (bicyclic) bond motifs is 2. The zero-order valence-corrected chi connectivity index (χ0v) is 17.7. The zero-order valence-electron chi connectivity index (χ0n) is 16.9. The van der Waals surface area contributed by atoms with Gasteiger partial charge in [0.1, 0.15) is 0 Å². The SMILES string of the molecule is N#Cc1cccc(NC(=O)C2CCCc3sc(NC(=O)c4ccc5c(c4)OCO5)nc32)c1. The van der Waals surface area contributed by atoms with Crippen molar-refractivity contribution < 1.29 is 19.1 Å². The fourth-order valence-electron chi connectivity index (χ4n) is 3.83. The van der Waals surface area contributed by atoms with E-state index in [-0.39, 0.29) is 18.6 Å². The molecule has 0 fully saturated rings. The van der Waals surface area contributed by atoms with Crippen molar-refractivity contribution in [2.45, 2.75) is 25.2 Å². The van der Waals surface area contributed by atoms with Crippen LogP contribution in [0.15, 0.2) is 42.5 Å². The maximum atomic E-state index is 12.9. The average Bonchev–Trinajstić information content (AvgIpc) is 3.44. The molecule has 1 unspecified atom stereocenters. The average molecular weight is 446 g/mol. The van der Waals surface area contributed by atoms with Crippen molar-refractivity contribution in [3.05, 3.63) is 64.2 Å². The van der Waals surface area contributed by atoms with E-state index >= 15 is 0 Å². The highest BCUT2D eigenvalue weighted by Crippen LogP contribution is 2.38. The summed E-state index contributed by atoms with van der Waals surface area (Å²) in [6.07, 6.45) is 2.36. The molecule has 1 atom stereocenters. The minimum absolute atomic E-state index is 0.143. The monoisotopic (exact) mass is 446 g/mol. The van der Waals surface area contributed by atoms with Gasteiger partial charge in [0.15, 0.2) is 16.6 Å². The summed E-state index contributed by atoms with van der Waals surface area (Å²) in [7, 11) is 0. The van der Waals surface area contributed by atoms with Crippen molar-refractivity contribution in [2.24, 2.45) is 0 Å². The largest absolute Gasteiger partial charge is 0.454 e. The zero-order chi connectivity index (χ0) is 22.1. The number of hydrogen-bond donors (Lipinski definition) is 2. The Balaban J connectivity index is 1.32. The van der Waals surface area contributed by atoms with E-state index < -0.39 is 5.92 Å². The van der Waals surface area contributed by atoms with Crippen molar-refractivity contribution in [1.29, 1.82) is 5.26 Å². The van der Waals surface area contributed by atoms with Crippen LogP contribution in [-0.2, 0) is 11.2 Å². The summed E-state index contributed by atoms with van der Waals surface area (Å²) in [6.45, 7) is 0.143. The van der Waals surface area contributed by atoms with Crippen molar-refractivity contribution in [2.75, 3.05) is 17.4 Å². The molecule has 3 aromatic rings. The summed E-state index contributed by atoms with van der Waals surface area (Å²) in [5, 5.41) is 15.2. The van der Waals surface area contributed by atoms with Gasteiger partial charge in [-0.15, -0.1) is 11.3 Å². The van der Waals surface area contributed by atoms with Crippen LogP contribution in [0.25, 0.3) is 0 Å². The van der Waals surface area contributed by atoms with Crippen molar-refractivity contribution in [3.8, 4) is 17.6 Å². The molecule has 0 saturated carbocycles. The van der Waals surface area contributed by atoms with Gasteiger partial charge in [-0.2, -0.15) is 5.26 Å². The molecule has 32 heavy (non-hydrogen) atoms. The summed E-state index contributed by atoms with van der Waals surface area (Å²) >= 11 is 1.40. The third-order valence-electron chi connectivity index (χ3n) is 5.39. The van der Waals surface area contributed by atoms with Crippen LogP contribution in [0, 0.1) is 11.3 Å². The van der Waals surface area contributed by atoms with Gasteiger partial charge in [0, 0.05) is 16.1 Å². The Kier molecular flexibility index (Phi) is 5.21. The molecule has 9 heteroatoms. The minimum Gasteiger partial charge on any atom is -0.454 e. The molecular formula is C23H18N4O4S. The Morgan fingerprint density at radius 2 is 2.00 bits per heavy atom. The third-order valence-corrected chi connectivity index (χ3v) is 6.43. The molecule has 0 spiro atoms. The van der Waals surface area contributed by atoms with E-state index in [2.05, 4.69) is 21.7 Å². The number of nitrogens with zero attached hydrogens (tertiary/aromatic N) is 2. The van der Waals surface area contributed by atoms with E-state index in [1.54, 1.807) is 42.5 Å². The van der Waals surface area contributed by atoms with Gasteiger partial charge in [-0.3, -0.25) is 14.9 Å². The highest BCUT2D eigenvalue weighted by atomic mass is 32.1. The van der Waals surface area contributed by atoms with Gasteiger partial charge in [-0.05, 0) is 55.7 Å². The molecule has 1 aromatic heterocycles. The number of amides is 2. The molecule has 2 aliphatic rings. The summed E-state index contributed by atoms with van der Waals surface area (Å²) in [6, 6.07) is 13.9. The Hall–Kier alpha value is -3.90. The maximum Gasteiger partial charge on any atom is 0.257 e. The summed E-state index contributed by atoms with van der Waals surface area (Å²) < 4.78 is 10.6. The molecule has 2 N–H and O–H groups in total. The summed E-state index contributed by atoms with van der Waals surface area (Å²) in [5.74, 6) is 0.273. The van der Waals surface area contributed by atoms with Gasteiger partial charge < -0.3 is 14.8 Å². The fourth-order valence-corrected chi connectivity index (χ4v) is 4.89. The normalized spacial score (nSPS) is 16.0. The molecule has 2 amide bonds. The van der Waals surface area contributed by atoms with Crippen LogP contribution in [-0.4, -0.2) is 23.6 Å². The van der Waals surface area contributed by atoms with Crippen LogP contribution >= 0.6 is 11.3 Å². The second-order valence-corrected chi connectivity index (χ2v) is 8.56. The highest BCUT2D eigenvalue weighted by Gasteiger charge is 2.31. The first-order valence-electron chi connectivity index (χ1n) is 10.1. The lowest BCUT2D eigenvalue weighted by Gasteiger charge is -2.20. The predicted octanol–water partition coefficient (Wildman–Crippen LogP) is 4.05. The van der Waals surface area contributed by atoms with Crippen LogP contribution in [0.3, 0.4) is 0 Å². The number of thiazole rings is 1. The Bertz CT molecular complexity index is 1260. The summed E-state index contributed by atoms with van der Waals surface area (Å²) in [4.78, 5) is 31.2. The number of benzene rings is 2. The first-order chi connectivity index (χ1) is 15.6. The Morgan fingerprint density at radius 1 is 1.12 bits per heavy atom. The minimum atomic E-state index is -0.406. The summed E-state index contributed by atoms with van der Waals surface area (Å²) in [5.41, 5.74) is 2.20. The second kappa shape index (κ2) is 8.32. The molecule has 2 heterocycles. The van der Waals surface area contributed by atoms with Crippen LogP contribution < -0.4 is 20.1 Å². The van der Waals surface area contributed by atoms with E-state index in [0.717, 1.165) is 17.7 Å². The number of nitrogens with one attached hydrogen (secondary N) is 2. The number of carbonyl (C=O) groups excluding carboxylic acids is 2. The smallest absolute Gasteiger partial charge is 0.257 e. The van der Waals surface area contributed by atoms with Gasteiger partial charge in [0.05, 0.1) is 23.2 Å². The molecule has 1 aliphatic heterocycles. The number of aryl methyl sites for hydroxylation is 1. The lowest BCUT2D eigenvalue weighted by molar-refractivity contribution is -0.117. The molecule has 160 valence electrons. The predicted molar refractivity (Wildman–Crippen MR) is 118 cm³/mol. The van der Waals surface area contributed by atoms with E-state index in [0.29, 0.717) is 45.6 Å². The van der Waals surface area contributed by atoms with Crippen molar-refractivity contribution in [3.63, 3.8) is 0 Å². The molecule has 0 radical (unpaired) electrons. The van der Waals surface area contributed by atoms with Crippen LogP contribution in [0.4, 0.5) is 10.8 Å². The molecule has 0 saturated heterocycles. The number of anilines is 2. The molecule has 2 aromatic carbocycles. The Morgan fingerprint density at radius 3 is 2.88 bits per heavy atom. The van der Waals surface area contributed by atoms with Gasteiger partial charge in [-0.25, -0.2) is 4.98 Å². The van der Waals surface area contributed by atoms with E-state index in [9.17, 15) is 9.59 Å². The molecule has 8 nitrogen and oxygen atoms in total. The standard InChI is InChI=1S/C23H18N4O4S/c24-11-13-3-1-4-15(9-13)25-22(29)16-5-2-6-19-20(16)26-23(32-19)27-21(28)14-7-8-17-18(10-14)31-12-30-17/h1,3-4,7-10,16H,2,5-6,12H2,(H,25,29)(H,26,27,28). The third kappa shape index (κ3) is 3.88. The molecule has 0 bridgehead atoms. The molecule has 5 rings (SSSR count). The van der Waals surface area contributed by atoms with Gasteiger partial charge in [-0.1, -0.05) is 6.07 Å². The van der Waals surface area contributed by atoms with Crippen molar-refractivity contribution in [1.82, 2.24) is 4.98 Å². The first-order valence-corrected chi connectivity index (χ1v) is 10.9. The van der Waals surface area contributed by atoms with Crippen LogP contribution in [0.2, 0.25) is 0 Å². The lowest BCUT2D eigenvalue weighted by atomic mass is 9.90. The maximum absolute atomic E-state index is 12.9. The van der Waals surface area contributed by atoms with E-state index in [4.69, 9.17) is 14.7 Å². The van der Waals surface area contributed by atoms with Crippen LogP contribution in [0.5, 0.6) is 11.5 Å². The first kappa shape index (κ1) is 20.0. The van der Waals surface area contributed by atoms with E-state index in [1.165, 1.54) is 11.3 Å². The second-order valence-electron chi connectivity index (χ2n) is 7.48. The Labute approximate surface area is 187 Å².